The van der Waals surface area contributed by atoms with Gasteiger partial charge in [-0.2, -0.15) is 0 Å². The van der Waals surface area contributed by atoms with Gasteiger partial charge >= 0.3 is 0 Å². The molecule has 1 aliphatic heterocycles. The van der Waals surface area contributed by atoms with E-state index < -0.39 is 0 Å². The summed E-state index contributed by atoms with van der Waals surface area (Å²) in [4.78, 5) is 0. The van der Waals surface area contributed by atoms with Crippen molar-refractivity contribution in [2.24, 2.45) is 0 Å². The van der Waals surface area contributed by atoms with E-state index in [4.69, 9.17) is 0 Å². The molecule has 0 aliphatic carbocycles. The van der Waals surface area contributed by atoms with Crippen LogP contribution in [0.4, 0.5) is 0 Å². The fraction of sp³-hybridized carbons (Fsp3) is 0. The zero-order valence-electron chi connectivity index (χ0n) is 14.2. The fourth-order valence-corrected chi connectivity index (χ4v) is 4.16. The van der Waals surface area contributed by atoms with Crippen molar-refractivity contribution in [3.63, 3.8) is 0 Å². The minimum absolute atomic E-state index is 1.27. The highest BCUT2D eigenvalue weighted by Crippen LogP contribution is 2.27. The molecule has 0 atom stereocenters. The summed E-state index contributed by atoms with van der Waals surface area (Å²) < 4.78 is 0. The predicted molar refractivity (Wildman–Crippen MR) is 120 cm³/mol. The van der Waals surface area contributed by atoms with Gasteiger partial charge in [0.05, 0.1) is 0 Å². The maximum absolute atomic E-state index is 2.26. The summed E-state index contributed by atoms with van der Waals surface area (Å²) in [5.41, 5.74) is 2.55. The van der Waals surface area contributed by atoms with Gasteiger partial charge in [0.15, 0.2) is 0 Å². The number of thioether (sulfide) groups is 2. The maximum Gasteiger partial charge on any atom is -0.0177 e. The molecule has 4 aromatic rings. The van der Waals surface area contributed by atoms with Crippen LogP contribution >= 0.6 is 23.5 Å². The van der Waals surface area contributed by atoms with E-state index in [1.165, 1.54) is 32.7 Å². The predicted octanol–water partition coefficient (Wildman–Crippen LogP) is 8.07. The number of fused-ring (bicyclic) bond motifs is 2. The van der Waals surface area contributed by atoms with Crippen molar-refractivity contribution in [3.05, 3.63) is 107 Å². The maximum atomic E-state index is 2.26. The van der Waals surface area contributed by atoms with Gasteiger partial charge in [0, 0.05) is 0 Å². The summed E-state index contributed by atoms with van der Waals surface area (Å²) in [6.45, 7) is 0. The number of rotatable bonds is 1. The van der Waals surface area contributed by atoms with Crippen LogP contribution < -0.4 is 0 Å². The van der Waals surface area contributed by atoms with E-state index in [0.717, 1.165) is 0 Å². The molecular weight excluding hydrogens is 352 g/mol. The van der Waals surface area contributed by atoms with Crippen LogP contribution in [-0.4, -0.2) is 0 Å². The van der Waals surface area contributed by atoms with Gasteiger partial charge < -0.3 is 0 Å². The van der Waals surface area contributed by atoms with Crippen LogP contribution in [0.3, 0.4) is 0 Å². The van der Waals surface area contributed by atoms with Crippen molar-refractivity contribution in [3.8, 4) is 11.1 Å². The molecule has 26 heavy (non-hydrogen) atoms. The first-order valence-corrected chi connectivity index (χ1v) is 10.4. The number of benzene rings is 4. The zero-order chi connectivity index (χ0) is 17.6. The first-order chi connectivity index (χ1) is 12.9. The standard InChI is InChI=1S/C20H14.C4H4S2/c1-3-7-17-13-19(11-9-15(17)5-1)20-12-10-16-6-2-4-8-18(16)14-20;1-2-6-4-3-5-1/h1-14H;1-4H. The van der Waals surface area contributed by atoms with Crippen molar-refractivity contribution in [2.45, 2.75) is 0 Å². The first-order valence-electron chi connectivity index (χ1n) is 8.49. The molecule has 0 nitrogen and oxygen atoms in total. The minimum atomic E-state index is 1.27. The highest BCUT2D eigenvalue weighted by molar-refractivity contribution is 8.11. The summed E-state index contributed by atoms with van der Waals surface area (Å²) in [6, 6.07) is 30.3. The third-order valence-corrected chi connectivity index (χ3v) is 5.78. The van der Waals surface area contributed by atoms with E-state index in [-0.39, 0.29) is 0 Å². The topological polar surface area (TPSA) is 0 Å². The van der Waals surface area contributed by atoms with Gasteiger partial charge in [-0.15, -0.1) is 23.5 Å². The molecule has 1 heterocycles. The Balaban J connectivity index is 0.000000240. The zero-order valence-corrected chi connectivity index (χ0v) is 15.8. The van der Waals surface area contributed by atoms with Gasteiger partial charge in [0.1, 0.15) is 0 Å². The lowest BCUT2D eigenvalue weighted by molar-refractivity contribution is 1.67. The minimum Gasteiger partial charge on any atom is -0.105 e. The van der Waals surface area contributed by atoms with Crippen molar-refractivity contribution in [1.82, 2.24) is 0 Å². The molecule has 0 aromatic heterocycles. The normalized spacial score (nSPS) is 12.8. The second-order valence-corrected chi connectivity index (χ2v) is 7.57. The summed E-state index contributed by atoms with van der Waals surface area (Å²) in [7, 11) is 0. The molecule has 0 saturated heterocycles. The third-order valence-electron chi connectivity index (χ3n) is 4.26. The lowest BCUT2D eigenvalue weighted by Gasteiger charge is -2.06. The summed E-state index contributed by atoms with van der Waals surface area (Å²) in [5, 5.41) is 13.4. The molecule has 0 amide bonds. The van der Waals surface area contributed by atoms with Crippen LogP contribution in [0.2, 0.25) is 0 Å². The van der Waals surface area contributed by atoms with Crippen molar-refractivity contribution < 1.29 is 0 Å². The monoisotopic (exact) mass is 370 g/mol. The summed E-state index contributed by atoms with van der Waals surface area (Å²) in [6.07, 6.45) is 0. The molecule has 2 heteroatoms. The third kappa shape index (κ3) is 4.04. The van der Waals surface area contributed by atoms with E-state index >= 15 is 0 Å². The Morgan fingerprint density at radius 2 is 0.769 bits per heavy atom. The summed E-state index contributed by atoms with van der Waals surface area (Å²) >= 11 is 3.43. The van der Waals surface area contributed by atoms with E-state index in [1.54, 1.807) is 23.5 Å². The van der Waals surface area contributed by atoms with Crippen molar-refractivity contribution >= 4 is 45.1 Å². The molecule has 0 fully saturated rings. The Kier molecular flexibility index (Phi) is 5.44. The van der Waals surface area contributed by atoms with Crippen LogP contribution in [0.5, 0.6) is 0 Å². The smallest absolute Gasteiger partial charge is 0.0177 e. The number of hydrogen-bond acceptors (Lipinski definition) is 2. The quantitative estimate of drug-likeness (QED) is 0.332. The van der Waals surface area contributed by atoms with Gasteiger partial charge in [-0.3, -0.25) is 0 Å². The second kappa shape index (κ2) is 8.31. The molecule has 4 aromatic carbocycles. The van der Waals surface area contributed by atoms with E-state index in [0.29, 0.717) is 0 Å². The van der Waals surface area contributed by atoms with Crippen LogP contribution in [0.15, 0.2) is 107 Å². The highest BCUT2D eigenvalue weighted by atomic mass is 32.2. The Hall–Kier alpha value is -2.42. The van der Waals surface area contributed by atoms with Crippen molar-refractivity contribution in [2.75, 3.05) is 0 Å². The molecule has 0 saturated carbocycles. The van der Waals surface area contributed by atoms with Gasteiger partial charge in [0.25, 0.3) is 0 Å². The van der Waals surface area contributed by atoms with E-state index in [2.05, 4.69) is 107 Å². The SMILES string of the molecule is C1=CSC=CS1.c1ccc2cc(-c3ccc4ccccc4c3)ccc2c1. The first kappa shape index (κ1) is 17.0. The van der Waals surface area contributed by atoms with Crippen LogP contribution in [-0.2, 0) is 0 Å². The van der Waals surface area contributed by atoms with Gasteiger partial charge in [-0.05, 0) is 66.4 Å². The Morgan fingerprint density at radius 1 is 0.385 bits per heavy atom. The van der Waals surface area contributed by atoms with Crippen LogP contribution in [0.25, 0.3) is 32.7 Å². The highest BCUT2D eigenvalue weighted by Gasteiger charge is 2.01. The van der Waals surface area contributed by atoms with Crippen LogP contribution in [0.1, 0.15) is 0 Å². The average Bonchev–Trinajstić information content (AvgIpc) is 2.75. The molecule has 0 spiro atoms. The van der Waals surface area contributed by atoms with Crippen LogP contribution in [0, 0.1) is 0 Å². The van der Waals surface area contributed by atoms with Crippen molar-refractivity contribution in [1.29, 1.82) is 0 Å². The van der Waals surface area contributed by atoms with Gasteiger partial charge in [-0.25, -0.2) is 0 Å². The molecule has 126 valence electrons. The average molecular weight is 371 g/mol. The largest absolute Gasteiger partial charge is 0.105 e. The Morgan fingerprint density at radius 3 is 1.15 bits per heavy atom. The van der Waals surface area contributed by atoms with E-state index in [1.807, 2.05) is 0 Å². The van der Waals surface area contributed by atoms with E-state index in [9.17, 15) is 0 Å². The Labute approximate surface area is 162 Å². The molecule has 5 rings (SSSR count). The molecule has 0 unspecified atom stereocenters. The molecule has 0 radical (unpaired) electrons. The molecule has 1 aliphatic rings. The fourth-order valence-electron chi connectivity index (χ4n) is 2.96. The molecular formula is C24H18S2. The molecule has 0 bridgehead atoms. The number of hydrogen-bond donors (Lipinski definition) is 0. The second-order valence-electron chi connectivity index (χ2n) is 5.94. The lowest BCUT2D eigenvalue weighted by Crippen LogP contribution is -1.80. The van der Waals surface area contributed by atoms with Gasteiger partial charge in [-0.1, -0.05) is 72.8 Å². The summed E-state index contributed by atoms with van der Waals surface area (Å²) in [5.74, 6) is 0. The Bertz CT molecular complexity index is 996. The lowest BCUT2D eigenvalue weighted by atomic mass is 9.99. The van der Waals surface area contributed by atoms with Gasteiger partial charge in [0.2, 0.25) is 0 Å². The molecule has 0 N–H and O–H groups in total.